The van der Waals surface area contributed by atoms with Crippen molar-refractivity contribution in [3.8, 4) is 101 Å². The molecular weight excluding hydrogens is 1940 g/mol. The number of hydrogen-bond acceptors (Lipinski definition) is 4. The van der Waals surface area contributed by atoms with Crippen molar-refractivity contribution in [3.63, 3.8) is 0 Å². The molecule has 0 atom stereocenters. The van der Waals surface area contributed by atoms with E-state index in [-0.39, 0.29) is 75.3 Å². The Morgan fingerprint density at radius 2 is 0.399 bits per heavy atom. The standard InChI is InChI=1S/C31H25F7O.C29H20F8O.C28H18F8O.C21H13F7O/c1-3-4-5-6-19-7-9-20(10-8-19)21-11-12-24(27(34)13-21)22-14-28(35)30(29(36)15-22)31(37,38)39-23-16-25(32)18(2)26(33)17-23;1-2-3-4-16-5-7-17(8-6-16)18-9-10-21(22(30)11-18)19-12-23(31)27(24(32)13-19)29(36,37)38-20-14-25(33)28(35)26(34)15-20;1-2-3-15-4-6-16(7-5-15)17-8-9-20(21(29)10-17)18-11-22(30)26(23(31)12-18)28(35,36)37-19-13-24(32)27(34)25(33)14-19;1-2-11-3-5-12(6-4-11)13-7-15(22)19(16(23)8-13)21(27,28)29-14-9-17(24)20(26)18(25)10-14/h7-17H,3-6H2,1-2H3;5-15H,2-4H2,1H3;4-14H,2-3H2,1H3;3-10H,2H2,1H3. The van der Waals surface area contributed by atoms with Gasteiger partial charge in [-0.15, -0.1) is 0 Å². The smallest absolute Gasteiger partial charge is 0.429 e. The Kier molecular flexibility index (Phi) is 34.2. The van der Waals surface area contributed by atoms with E-state index < -0.39 is 203 Å². The van der Waals surface area contributed by atoms with Crippen LogP contribution in [0.1, 0.15) is 116 Å². The first-order valence-corrected chi connectivity index (χ1v) is 43.5. The molecule has 0 aliphatic rings. The number of alkyl halides is 8. The Morgan fingerprint density at radius 1 is 0.189 bits per heavy atom. The Hall–Kier alpha value is -14.6. The Morgan fingerprint density at radius 3 is 0.636 bits per heavy atom. The van der Waals surface area contributed by atoms with Gasteiger partial charge < -0.3 is 18.9 Å². The molecule has 0 fully saturated rings. The van der Waals surface area contributed by atoms with Crippen LogP contribution in [-0.4, -0.2) is 0 Å². The largest absolute Gasteiger partial charge is 0.432 e. The summed E-state index contributed by atoms with van der Waals surface area (Å²) in [5, 5.41) is 0. The molecule has 0 amide bonds. The monoisotopic (exact) mass is 2020 g/mol. The average molecular weight is 2020 g/mol. The van der Waals surface area contributed by atoms with Crippen LogP contribution in [-0.2, 0) is 50.1 Å². The summed E-state index contributed by atoms with van der Waals surface area (Å²) in [5.41, 5.74) is -0.907. The van der Waals surface area contributed by atoms with Gasteiger partial charge in [-0.1, -0.05) is 187 Å². The van der Waals surface area contributed by atoms with Crippen LogP contribution in [0.5, 0.6) is 23.0 Å². The predicted octanol–water partition coefficient (Wildman–Crippen LogP) is 34.9. The van der Waals surface area contributed by atoms with E-state index in [1.807, 2.05) is 86.6 Å². The first-order valence-electron chi connectivity index (χ1n) is 43.5. The first-order chi connectivity index (χ1) is 67.6. The van der Waals surface area contributed by atoms with Crippen LogP contribution in [0.2, 0.25) is 0 Å². The molecule has 0 bridgehead atoms. The number of halogens is 30. The summed E-state index contributed by atoms with van der Waals surface area (Å²) in [6.45, 7) is 9.26. The highest BCUT2D eigenvalue weighted by molar-refractivity contribution is 5.75. The second-order valence-electron chi connectivity index (χ2n) is 32.4. The number of aryl methyl sites for hydroxylation is 4. The van der Waals surface area contributed by atoms with Gasteiger partial charge in [0, 0.05) is 70.8 Å². The summed E-state index contributed by atoms with van der Waals surface area (Å²) in [7, 11) is 0. The van der Waals surface area contributed by atoms with Crippen molar-refractivity contribution in [2.75, 3.05) is 0 Å². The third-order valence-corrected chi connectivity index (χ3v) is 22.3. The molecule has 0 aliphatic heterocycles. The highest BCUT2D eigenvalue weighted by Gasteiger charge is 2.46. The van der Waals surface area contributed by atoms with Crippen LogP contribution in [0.4, 0.5) is 132 Å². The van der Waals surface area contributed by atoms with Gasteiger partial charge in [-0.2, -0.15) is 35.1 Å². The summed E-state index contributed by atoms with van der Waals surface area (Å²) in [4.78, 5) is 0. The third kappa shape index (κ3) is 25.8. The van der Waals surface area contributed by atoms with Crippen LogP contribution in [0.15, 0.2) is 249 Å². The summed E-state index contributed by atoms with van der Waals surface area (Å²) in [6.07, 6.45) is -8.84. The summed E-state index contributed by atoms with van der Waals surface area (Å²) in [5.74, 6) is -39.8. The van der Waals surface area contributed by atoms with Gasteiger partial charge in [-0.05, 0) is 196 Å². The molecule has 4 nitrogen and oxygen atoms in total. The van der Waals surface area contributed by atoms with Gasteiger partial charge in [0.1, 0.15) is 121 Å². The van der Waals surface area contributed by atoms with Gasteiger partial charge in [0.25, 0.3) is 0 Å². The lowest BCUT2D eigenvalue weighted by Crippen LogP contribution is -2.25. The van der Waals surface area contributed by atoms with Gasteiger partial charge in [-0.25, -0.2) is 96.6 Å². The van der Waals surface area contributed by atoms with Crippen LogP contribution >= 0.6 is 0 Å². The van der Waals surface area contributed by atoms with E-state index in [4.69, 9.17) is 0 Å². The molecule has 0 spiro atoms. The van der Waals surface area contributed by atoms with E-state index in [0.717, 1.165) is 111 Å². The van der Waals surface area contributed by atoms with Crippen molar-refractivity contribution >= 4 is 0 Å². The molecule has 15 aromatic rings. The van der Waals surface area contributed by atoms with Gasteiger partial charge in [0.15, 0.2) is 52.4 Å². The fourth-order valence-electron chi connectivity index (χ4n) is 14.8. The highest BCUT2D eigenvalue weighted by Crippen LogP contribution is 2.46. The fraction of sp³-hybridized carbons (Fsp3) is 0.174. The van der Waals surface area contributed by atoms with Crippen molar-refractivity contribution in [3.05, 3.63) is 427 Å². The molecule has 15 rings (SSSR count). The Labute approximate surface area is 798 Å². The van der Waals surface area contributed by atoms with Gasteiger partial charge in [0.05, 0.1) is 0 Å². The van der Waals surface area contributed by atoms with Gasteiger partial charge in [0.2, 0.25) is 0 Å². The molecular formula is C109H76F30O4. The first kappa shape index (κ1) is 107. The van der Waals surface area contributed by atoms with Crippen molar-refractivity contribution in [1.82, 2.24) is 0 Å². The third-order valence-electron chi connectivity index (χ3n) is 22.3. The zero-order valence-corrected chi connectivity index (χ0v) is 75.2. The molecule has 0 saturated heterocycles. The quantitative estimate of drug-likeness (QED) is 0.0266. The van der Waals surface area contributed by atoms with Crippen LogP contribution in [0.25, 0.3) is 77.9 Å². The zero-order valence-electron chi connectivity index (χ0n) is 75.2. The van der Waals surface area contributed by atoms with Gasteiger partial charge >= 0.3 is 24.4 Å². The summed E-state index contributed by atoms with van der Waals surface area (Å²) >= 11 is 0. The van der Waals surface area contributed by atoms with Crippen molar-refractivity contribution in [1.29, 1.82) is 0 Å². The minimum atomic E-state index is -4.74. The molecule has 0 saturated carbocycles. The lowest BCUT2D eigenvalue weighted by Gasteiger charge is -2.20. The molecule has 746 valence electrons. The maximum atomic E-state index is 15.0. The highest BCUT2D eigenvalue weighted by atomic mass is 19.3. The Balaban J connectivity index is 0.000000171. The second-order valence-corrected chi connectivity index (χ2v) is 32.4. The Bertz CT molecular complexity index is 6930. The number of ether oxygens (including phenoxy) is 4. The van der Waals surface area contributed by atoms with Gasteiger partial charge in [-0.3, -0.25) is 0 Å². The molecule has 34 heteroatoms. The summed E-state index contributed by atoms with van der Waals surface area (Å²) in [6, 6.07) is 47.3. The van der Waals surface area contributed by atoms with Crippen LogP contribution in [0.3, 0.4) is 0 Å². The van der Waals surface area contributed by atoms with E-state index >= 15 is 4.39 Å². The van der Waals surface area contributed by atoms with Crippen molar-refractivity contribution in [2.24, 2.45) is 0 Å². The molecule has 143 heavy (non-hydrogen) atoms. The maximum absolute atomic E-state index is 15.0. The minimum absolute atomic E-state index is 0.0149. The van der Waals surface area contributed by atoms with E-state index in [0.29, 0.717) is 94.0 Å². The summed E-state index contributed by atoms with van der Waals surface area (Å²) < 4.78 is 441. The molecule has 0 unspecified atom stereocenters. The molecule has 0 radical (unpaired) electrons. The topological polar surface area (TPSA) is 36.9 Å². The predicted molar refractivity (Wildman–Crippen MR) is 477 cm³/mol. The van der Waals surface area contributed by atoms with Crippen LogP contribution in [0, 0.1) is 135 Å². The van der Waals surface area contributed by atoms with Crippen LogP contribution < -0.4 is 18.9 Å². The molecule has 0 N–H and O–H groups in total. The lowest BCUT2D eigenvalue weighted by atomic mass is 9.97. The number of benzene rings is 15. The van der Waals surface area contributed by atoms with Crippen molar-refractivity contribution in [2.45, 2.75) is 123 Å². The number of hydrogen-bond donors (Lipinski definition) is 0. The van der Waals surface area contributed by atoms with E-state index in [9.17, 15) is 127 Å². The van der Waals surface area contributed by atoms with E-state index in [1.165, 1.54) is 36.4 Å². The normalized spacial score (nSPS) is 11.6. The molecule has 0 aromatic heterocycles. The van der Waals surface area contributed by atoms with E-state index in [2.05, 4.69) is 32.8 Å². The molecule has 15 aromatic carbocycles. The average Bonchev–Trinajstić information content (AvgIpc) is 0.785. The molecule has 0 heterocycles. The number of rotatable bonds is 29. The zero-order chi connectivity index (χ0) is 104. The number of unbranched alkanes of at least 4 members (excludes halogenated alkanes) is 3. The SMILES string of the molecule is CCCCCc1ccc(-c2ccc(-c3cc(F)c(C(F)(F)Oc4cc(F)c(C)c(F)c4)c(F)c3)c(F)c2)cc1.CCCCc1ccc(-c2ccc(-c3cc(F)c(C(F)(F)Oc4cc(F)c(F)c(F)c4)c(F)c3)c(F)c2)cc1.CCCc1ccc(-c2ccc(-c3cc(F)c(C(F)(F)Oc4cc(F)c(F)c(F)c4)c(F)c3)c(F)c2)cc1.CCc1ccc(-c2cc(F)c(C(F)(F)Oc3cc(F)c(F)c(F)c3)c(F)c2)cc1. The fourth-order valence-corrected chi connectivity index (χ4v) is 14.8. The van der Waals surface area contributed by atoms with Crippen molar-refractivity contribution < 1.29 is 151 Å². The maximum Gasteiger partial charge on any atom is 0.432 e. The minimum Gasteiger partial charge on any atom is -0.429 e. The van der Waals surface area contributed by atoms with E-state index in [1.54, 1.807) is 30.3 Å². The second kappa shape index (κ2) is 45.5. The lowest BCUT2D eigenvalue weighted by molar-refractivity contribution is -0.190. The molecule has 0 aliphatic carbocycles.